The number of piperidine rings is 1. The fourth-order valence-corrected chi connectivity index (χ4v) is 5.24. The summed E-state index contributed by atoms with van der Waals surface area (Å²) >= 11 is 0. The van der Waals surface area contributed by atoms with Crippen molar-refractivity contribution in [2.24, 2.45) is 11.8 Å². The second-order valence-corrected chi connectivity index (χ2v) is 9.52. The number of rotatable bonds is 6. The minimum atomic E-state index is -0.687. The van der Waals surface area contributed by atoms with Crippen LogP contribution in [0.25, 0.3) is 22.2 Å². The zero-order valence-electron chi connectivity index (χ0n) is 18.8. The Kier molecular flexibility index (Phi) is 6.08. The van der Waals surface area contributed by atoms with Crippen molar-refractivity contribution in [3.05, 3.63) is 59.4 Å². The van der Waals surface area contributed by atoms with Gasteiger partial charge in [-0.2, -0.15) is 0 Å². The molecule has 9 heteroatoms. The van der Waals surface area contributed by atoms with Gasteiger partial charge in [-0.3, -0.25) is 19.7 Å². The molecule has 2 aromatic carbocycles. The highest BCUT2D eigenvalue weighted by molar-refractivity contribution is 5.98. The second kappa shape index (κ2) is 9.20. The number of H-pyrrole nitrogens is 1. The molecule has 182 valence electrons. The summed E-state index contributed by atoms with van der Waals surface area (Å²) in [6.45, 7) is 0.444. The summed E-state index contributed by atoms with van der Waals surface area (Å²) in [7, 11) is 0. The number of nitrogens with one attached hydrogen (secondary N) is 3. The van der Waals surface area contributed by atoms with Crippen LogP contribution in [0.5, 0.6) is 0 Å². The van der Waals surface area contributed by atoms with E-state index in [1.54, 1.807) is 12.1 Å². The van der Waals surface area contributed by atoms with E-state index in [0.717, 1.165) is 11.6 Å². The number of fused-ring (bicyclic) bond motifs is 1. The lowest BCUT2D eigenvalue weighted by atomic mass is 9.70. The fourth-order valence-electron chi connectivity index (χ4n) is 5.24. The van der Waals surface area contributed by atoms with Crippen LogP contribution in [0.3, 0.4) is 0 Å². The fraction of sp³-hybridized carbons (Fsp3) is 0.346. The Bertz CT molecular complexity index is 1300. The SMILES string of the molecule is O=C(CC1CC(=O)NC(=O)C1)NCC1CC(c2c(-c3ccc(F)cc3)[nH]c3c(F)cc(F)cc23)C1. The average molecular weight is 483 g/mol. The summed E-state index contributed by atoms with van der Waals surface area (Å²) < 4.78 is 42.0. The van der Waals surface area contributed by atoms with E-state index in [1.165, 1.54) is 18.2 Å². The predicted molar refractivity (Wildman–Crippen MR) is 123 cm³/mol. The summed E-state index contributed by atoms with van der Waals surface area (Å²) in [4.78, 5) is 38.4. The molecule has 1 aliphatic carbocycles. The van der Waals surface area contributed by atoms with Crippen molar-refractivity contribution in [2.75, 3.05) is 6.54 Å². The van der Waals surface area contributed by atoms with Crippen molar-refractivity contribution < 1.29 is 27.6 Å². The van der Waals surface area contributed by atoms with Crippen molar-refractivity contribution >= 4 is 28.6 Å². The summed E-state index contributed by atoms with van der Waals surface area (Å²) in [5.41, 5.74) is 2.32. The molecule has 0 unspecified atom stereocenters. The standard InChI is InChI=1S/C26H24F3N3O3/c27-17-3-1-15(2-4-17)25-24(19-10-18(28)11-20(29)26(19)32-25)16-5-14(6-16)12-30-21(33)7-13-8-22(34)31-23(35)9-13/h1-4,10-11,13-14,16,32H,5-9,12H2,(H,30,33)(H,31,34,35). The molecule has 5 rings (SSSR count). The van der Waals surface area contributed by atoms with E-state index < -0.39 is 11.6 Å². The number of amides is 3. The first-order chi connectivity index (χ1) is 16.8. The highest BCUT2D eigenvalue weighted by atomic mass is 19.1. The van der Waals surface area contributed by atoms with Gasteiger partial charge in [0.25, 0.3) is 0 Å². The van der Waals surface area contributed by atoms with Crippen LogP contribution >= 0.6 is 0 Å². The third-order valence-corrected chi connectivity index (χ3v) is 6.93. The van der Waals surface area contributed by atoms with Crippen LogP contribution in [0.4, 0.5) is 13.2 Å². The maximum atomic E-state index is 14.5. The van der Waals surface area contributed by atoms with E-state index in [4.69, 9.17) is 0 Å². The van der Waals surface area contributed by atoms with Gasteiger partial charge in [0.1, 0.15) is 17.5 Å². The van der Waals surface area contributed by atoms with Crippen LogP contribution in [-0.4, -0.2) is 29.3 Å². The Morgan fingerprint density at radius 1 is 0.943 bits per heavy atom. The van der Waals surface area contributed by atoms with Gasteiger partial charge in [-0.05, 0) is 72.1 Å². The van der Waals surface area contributed by atoms with Gasteiger partial charge in [-0.1, -0.05) is 0 Å². The third-order valence-electron chi connectivity index (χ3n) is 6.93. The molecule has 3 amide bonds. The zero-order valence-corrected chi connectivity index (χ0v) is 18.8. The van der Waals surface area contributed by atoms with E-state index in [2.05, 4.69) is 15.6 Å². The van der Waals surface area contributed by atoms with Crippen LogP contribution in [-0.2, 0) is 14.4 Å². The van der Waals surface area contributed by atoms with Gasteiger partial charge in [0.15, 0.2) is 0 Å². The maximum Gasteiger partial charge on any atom is 0.226 e. The molecule has 1 aromatic heterocycles. The maximum absolute atomic E-state index is 14.5. The van der Waals surface area contributed by atoms with Crippen LogP contribution in [0, 0.1) is 29.3 Å². The number of imide groups is 1. The van der Waals surface area contributed by atoms with E-state index in [0.29, 0.717) is 36.0 Å². The number of carbonyl (C=O) groups is 3. The topological polar surface area (TPSA) is 91.1 Å². The van der Waals surface area contributed by atoms with E-state index in [9.17, 15) is 27.6 Å². The first-order valence-corrected chi connectivity index (χ1v) is 11.6. The van der Waals surface area contributed by atoms with Crippen LogP contribution in [0.1, 0.15) is 43.6 Å². The van der Waals surface area contributed by atoms with Crippen molar-refractivity contribution in [2.45, 2.75) is 38.0 Å². The lowest BCUT2D eigenvalue weighted by molar-refractivity contribution is -0.135. The molecule has 3 aromatic rings. The van der Waals surface area contributed by atoms with Crippen LogP contribution in [0.2, 0.25) is 0 Å². The number of aromatic nitrogens is 1. The molecule has 0 radical (unpaired) electrons. The minimum Gasteiger partial charge on any atom is -0.356 e. The van der Waals surface area contributed by atoms with Crippen LogP contribution in [0.15, 0.2) is 36.4 Å². The third kappa shape index (κ3) is 4.80. The lowest BCUT2D eigenvalue weighted by Gasteiger charge is -2.36. The molecule has 3 N–H and O–H groups in total. The molecule has 0 spiro atoms. The normalized spacial score (nSPS) is 20.5. The number of aromatic amines is 1. The summed E-state index contributed by atoms with van der Waals surface area (Å²) in [6.07, 6.45) is 1.85. The lowest BCUT2D eigenvalue weighted by Crippen LogP contribution is -2.41. The van der Waals surface area contributed by atoms with Crippen molar-refractivity contribution in [3.63, 3.8) is 0 Å². The molecule has 1 saturated heterocycles. The number of hydrogen-bond donors (Lipinski definition) is 3. The zero-order chi connectivity index (χ0) is 24.7. The Labute approximate surface area is 199 Å². The average Bonchev–Trinajstić information content (AvgIpc) is 3.12. The van der Waals surface area contributed by atoms with Crippen LogP contribution < -0.4 is 10.6 Å². The molecular formula is C26H24F3N3O3. The summed E-state index contributed by atoms with van der Waals surface area (Å²) in [6, 6.07) is 8.00. The molecule has 0 bridgehead atoms. The monoisotopic (exact) mass is 483 g/mol. The number of benzene rings is 2. The van der Waals surface area contributed by atoms with Gasteiger partial charge in [-0.15, -0.1) is 0 Å². The molecule has 2 aliphatic rings. The molecule has 1 aliphatic heterocycles. The van der Waals surface area contributed by atoms with Crippen molar-refractivity contribution in [3.8, 4) is 11.3 Å². The minimum absolute atomic E-state index is 0.0200. The Morgan fingerprint density at radius 3 is 2.31 bits per heavy atom. The van der Waals surface area contributed by atoms with Gasteiger partial charge in [0.05, 0.1) is 11.2 Å². The molecule has 0 atom stereocenters. The second-order valence-electron chi connectivity index (χ2n) is 9.52. The van der Waals surface area contributed by atoms with Gasteiger partial charge < -0.3 is 10.3 Å². The largest absolute Gasteiger partial charge is 0.356 e. The Morgan fingerprint density at radius 2 is 1.63 bits per heavy atom. The van der Waals surface area contributed by atoms with E-state index in [1.807, 2.05) is 0 Å². The molecule has 1 saturated carbocycles. The van der Waals surface area contributed by atoms with E-state index >= 15 is 0 Å². The molecule has 2 fully saturated rings. The first kappa shape index (κ1) is 23.1. The summed E-state index contributed by atoms with van der Waals surface area (Å²) in [5, 5.41) is 5.58. The van der Waals surface area contributed by atoms with Gasteiger partial charge in [-0.25, -0.2) is 13.2 Å². The van der Waals surface area contributed by atoms with Crippen molar-refractivity contribution in [1.82, 2.24) is 15.6 Å². The quantitative estimate of drug-likeness (QED) is 0.457. The Hall–Kier alpha value is -3.62. The number of halogens is 3. The molecule has 35 heavy (non-hydrogen) atoms. The highest BCUT2D eigenvalue weighted by Gasteiger charge is 2.35. The number of hydrogen-bond acceptors (Lipinski definition) is 3. The molecular weight excluding hydrogens is 459 g/mol. The van der Waals surface area contributed by atoms with E-state index in [-0.39, 0.29) is 66.1 Å². The predicted octanol–water partition coefficient (Wildman–Crippen LogP) is 4.30. The molecule has 6 nitrogen and oxygen atoms in total. The smallest absolute Gasteiger partial charge is 0.226 e. The first-order valence-electron chi connectivity index (χ1n) is 11.6. The van der Waals surface area contributed by atoms with Gasteiger partial charge in [0, 0.05) is 37.3 Å². The summed E-state index contributed by atoms with van der Waals surface area (Å²) in [5.74, 6) is -2.75. The Balaban J connectivity index is 1.27. The molecule has 2 heterocycles. The van der Waals surface area contributed by atoms with Gasteiger partial charge >= 0.3 is 0 Å². The highest BCUT2D eigenvalue weighted by Crippen LogP contribution is 2.48. The van der Waals surface area contributed by atoms with Gasteiger partial charge in [0.2, 0.25) is 17.7 Å². The van der Waals surface area contributed by atoms with Crippen molar-refractivity contribution in [1.29, 1.82) is 0 Å². The number of carbonyl (C=O) groups excluding carboxylic acids is 3.